The van der Waals surface area contributed by atoms with E-state index in [9.17, 15) is 13.2 Å². The van der Waals surface area contributed by atoms with Crippen molar-refractivity contribution >= 4 is 15.9 Å². The van der Waals surface area contributed by atoms with Crippen LogP contribution in [0.1, 0.15) is 17.3 Å². The Hall–Kier alpha value is -1.44. The van der Waals surface area contributed by atoms with Crippen molar-refractivity contribution in [2.45, 2.75) is 17.9 Å². The number of amides is 1. The topological polar surface area (TPSA) is 92.5 Å². The van der Waals surface area contributed by atoms with Gasteiger partial charge in [-0.25, -0.2) is 8.42 Å². The largest absolute Gasteiger partial charge is 0.366 e. The first-order valence-electron chi connectivity index (χ1n) is 7.03. The van der Waals surface area contributed by atoms with Gasteiger partial charge >= 0.3 is 0 Å². The fourth-order valence-corrected chi connectivity index (χ4v) is 5.11. The number of carbonyl (C=O) groups excluding carboxylic acids is 1. The number of hydrogen-bond acceptors (Lipinski definition) is 4. The molecule has 7 heteroatoms. The van der Waals surface area contributed by atoms with Crippen molar-refractivity contribution < 1.29 is 13.2 Å². The summed E-state index contributed by atoms with van der Waals surface area (Å²) in [6.07, 6.45) is 0. The second-order valence-corrected chi connectivity index (χ2v) is 7.68. The van der Waals surface area contributed by atoms with Gasteiger partial charge in [-0.05, 0) is 56.1 Å². The first-order valence-corrected chi connectivity index (χ1v) is 8.47. The third kappa shape index (κ3) is 2.35. The number of nitrogens with one attached hydrogen (secondary N) is 1. The summed E-state index contributed by atoms with van der Waals surface area (Å²) in [5.74, 6) is 0.207. The maximum absolute atomic E-state index is 12.7. The number of nitrogens with two attached hydrogens (primary N) is 1. The number of primary amides is 1. The molecule has 6 nitrogen and oxygen atoms in total. The number of benzene rings is 1. The molecule has 0 bridgehead atoms. The fraction of sp³-hybridized carbons (Fsp3) is 0.500. The molecule has 2 saturated heterocycles. The summed E-state index contributed by atoms with van der Waals surface area (Å²) in [5.41, 5.74) is 5.48. The van der Waals surface area contributed by atoms with E-state index in [0.29, 0.717) is 23.9 Å². The SMILES string of the molecule is CC1C2CNCC2CN1S(=O)(=O)c1ccc(C(N)=O)cc1. The molecule has 1 amide bonds. The van der Waals surface area contributed by atoms with Crippen LogP contribution in [0.15, 0.2) is 29.2 Å². The second kappa shape index (κ2) is 5.08. The first-order chi connectivity index (χ1) is 9.91. The molecule has 1 aromatic rings. The Bertz CT molecular complexity index is 657. The molecular formula is C14H19N3O3S. The Morgan fingerprint density at radius 1 is 1.29 bits per heavy atom. The van der Waals surface area contributed by atoms with Crippen LogP contribution < -0.4 is 11.1 Å². The van der Waals surface area contributed by atoms with E-state index < -0.39 is 15.9 Å². The van der Waals surface area contributed by atoms with Gasteiger partial charge in [-0.1, -0.05) is 0 Å². The smallest absolute Gasteiger partial charge is 0.248 e. The molecule has 1 aromatic carbocycles. The van der Waals surface area contributed by atoms with Crippen LogP contribution in [0.4, 0.5) is 0 Å². The molecule has 114 valence electrons. The standard InChI is InChI=1S/C14H19N3O3S/c1-9-13-7-16-6-11(13)8-17(9)21(19,20)12-4-2-10(3-5-12)14(15)18/h2-5,9,11,13,16H,6-8H2,1H3,(H2,15,18). The molecule has 2 fully saturated rings. The number of fused-ring (bicyclic) bond motifs is 1. The van der Waals surface area contributed by atoms with Crippen molar-refractivity contribution in [3.8, 4) is 0 Å². The van der Waals surface area contributed by atoms with Gasteiger partial charge in [0, 0.05) is 18.2 Å². The van der Waals surface area contributed by atoms with Gasteiger partial charge in [0.15, 0.2) is 0 Å². The van der Waals surface area contributed by atoms with Crippen LogP contribution in [0.5, 0.6) is 0 Å². The summed E-state index contributed by atoms with van der Waals surface area (Å²) < 4.78 is 27.1. The van der Waals surface area contributed by atoms with Crippen LogP contribution in [0.3, 0.4) is 0 Å². The highest BCUT2D eigenvalue weighted by Gasteiger charge is 2.46. The molecule has 2 aliphatic rings. The molecule has 2 aliphatic heterocycles. The molecule has 0 aliphatic carbocycles. The number of nitrogens with zero attached hydrogens (tertiary/aromatic N) is 1. The van der Waals surface area contributed by atoms with Crippen molar-refractivity contribution in [2.24, 2.45) is 17.6 Å². The zero-order chi connectivity index (χ0) is 15.2. The summed E-state index contributed by atoms with van der Waals surface area (Å²) in [5, 5.41) is 3.31. The van der Waals surface area contributed by atoms with Gasteiger partial charge in [0.25, 0.3) is 0 Å². The van der Waals surface area contributed by atoms with Gasteiger partial charge in [0.05, 0.1) is 4.90 Å². The molecule has 3 rings (SSSR count). The minimum Gasteiger partial charge on any atom is -0.366 e. The monoisotopic (exact) mass is 309 g/mol. The maximum Gasteiger partial charge on any atom is 0.248 e. The van der Waals surface area contributed by atoms with E-state index in [1.807, 2.05) is 6.92 Å². The lowest BCUT2D eigenvalue weighted by atomic mass is 9.95. The van der Waals surface area contributed by atoms with E-state index in [4.69, 9.17) is 5.73 Å². The van der Waals surface area contributed by atoms with Gasteiger partial charge in [-0.2, -0.15) is 4.31 Å². The molecule has 3 atom stereocenters. The third-order valence-electron chi connectivity index (χ3n) is 4.63. The molecule has 0 radical (unpaired) electrons. The fourth-order valence-electron chi connectivity index (χ4n) is 3.37. The minimum atomic E-state index is -3.52. The number of rotatable bonds is 3. The predicted octanol–water partition coefficient (Wildman–Crippen LogP) is 0.0139. The lowest BCUT2D eigenvalue weighted by Gasteiger charge is -2.23. The van der Waals surface area contributed by atoms with Gasteiger partial charge in [0.2, 0.25) is 15.9 Å². The lowest BCUT2D eigenvalue weighted by molar-refractivity contribution is 0.1000. The summed E-state index contributed by atoms with van der Waals surface area (Å²) in [6, 6.07) is 5.81. The van der Waals surface area contributed by atoms with Crippen LogP contribution >= 0.6 is 0 Å². The van der Waals surface area contributed by atoms with E-state index in [-0.39, 0.29) is 10.9 Å². The Labute approximate surface area is 124 Å². The van der Waals surface area contributed by atoms with Crippen molar-refractivity contribution in [1.29, 1.82) is 0 Å². The van der Waals surface area contributed by atoms with E-state index in [0.717, 1.165) is 13.1 Å². The quantitative estimate of drug-likeness (QED) is 0.823. The number of carbonyl (C=O) groups is 1. The minimum absolute atomic E-state index is 0.00850. The zero-order valence-corrected chi connectivity index (χ0v) is 12.6. The van der Waals surface area contributed by atoms with Crippen LogP contribution in [-0.2, 0) is 10.0 Å². The summed E-state index contributed by atoms with van der Waals surface area (Å²) >= 11 is 0. The summed E-state index contributed by atoms with van der Waals surface area (Å²) in [7, 11) is -3.52. The van der Waals surface area contributed by atoms with E-state index in [1.54, 1.807) is 4.31 Å². The predicted molar refractivity (Wildman–Crippen MR) is 78.2 cm³/mol. The molecule has 3 unspecified atom stereocenters. The Morgan fingerprint density at radius 3 is 2.52 bits per heavy atom. The van der Waals surface area contributed by atoms with Gasteiger partial charge in [-0.15, -0.1) is 0 Å². The van der Waals surface area contributed by atoms with Crippen molar-refractivity contribution in [3.05, 3.63) is 29.8 Å². The second-order valence-electron chi connectivity index (χ2n) is 5.79. The van der Waals surface area contributed by atoms with E-state index in [2.05, 4.69) is 5.32 Å². The van der Waals surface area contributed by atoms with Gasteiger partial charge in [-0.3, -0.25) is 4.79 Å². The molecule has 2 heterocycles. The van der Waals surface area contributed by atoms with Gasteiger partial charge in [0.1, 0.15) is 0 Å². The summed E-state index contributed by atoms with van der Waals surface area (Å²) in [4.78, 5) is 11.3. The zero-order valence-electron chi connectivity index (χ0n) is 11.8. The van der Waals surface area contributed by atoms with Crippen LogP contribution in [-0.4, -0.2) is 44.3 Å². The Morgan fingerprint density at radius 2 is 1.95 bits per heavy atom. The highest BCUT2D eigenvalue weighted by molar-refractivity contribution is 7.89. The molecule has 0 saturated carbocycles. The number of hydrogen-bond donors (Lipinski definition) is 2. The maximum atomic E-state index is 12.7. The molecular weight excluding hydrogens is 290 g/mol. The van der Waals surface area contributed by atoms with Crippen LogP contribution in [0.25, 0.3) is 0 Å². The van der Waals surface area contributed by atoms with Crippen LogP contribution in [0, 0.1) is 11.8 Å². The van der Waals surface area contributed by atoms with Crippen molar-refractivity contribution in [3.63, 3.8) is 0 Å². The normalized spacial score (nSPS) is 29.5. The molecule has 21 heavy (non-hydrogen) atoms. The lowest BCUT2D eigenvalue weighted by Crippen LogP contribution is -2.38. The van der Waals surface area contributed by atoms with Crippen molar-refractivity contribution in [1.82, 2.24) is 9.62 Å². The van der Waals surface area contributed by atoms with Gasteiger partial charge < -0.3 is 11.1 Å². The molecule has 3 N–H and O–H groups in total. The average Bonchev–Trinajstić information content (AvgIpc) is 3.02. The first kappa shape index (κ1) is 14.5. The highest BCUT2D eigenvalue weighted by atomic mass is 32.2. The van der Waals surface area contributed by atoms with E-state index >= 15 is 0 Å². The molecule has 0 spiro atoms. The van der Waals surface area contributed by atoms with E-state index in [1.165, 1.54) is 24.3 Å². The third-order valence-corrected chi connectivity index (χ3v) is 6.59. The Kier molecular flexibility index (Phi) is 3.51. The number of sulfonamides is 1. The molecule has 0 aromatic heterocycles. The van der Waals surface area contributed by atoms with Crippen LogP contribution in [0.2, 0.25) is 0 Å². The Balaban J connectivity index is 1.88. The summed E-state index contributed by atoms with van der Waals surface area (Å²) in [6.45, 7) is 4.27. The highest BCUT2D eigenvalue weighted by Crippen LogP contribution is 2.36. The van der Waals surface area contributed by atoms with Crippen molar-refractivity contribution in [2.75, 3.05) is 19.6 Å². The average molecular weight is 309 g/mol.